The quantitative estimate of drug-likeness (QED) is 0.909. The van der Waals surface area contributed by atoms with Crippen LogP contribution in [0.3, 0.4) is 0 Å². The number of aryl methyl sites for hydroxylation is 1. The number of benzene rings is 1. The van der Waals surface area contributed by atoms with Crippen LogP contribution in [-0.4, -0.2) is 12.5 Å². The molecule has 0 aliphatic heterocycles. The summed E-state index contributed by atoms with van der Waals surface area (Å²) in [6.45, 7) is 5.07. The fourth-order valence-electron chi connectivity index (χ4n) is 2.10. The second kappa shape index (κ2) is 6.39. The van der Waals surface area contributed by atoms with Gasteiger partial charge in [0.05, 0.1) is 6.26 Å². The lowest BCUT2D eigenvalue weighted by molar-refractivity contribution is 0.0959. The number of carbonyl (C=O) groups is 1. The van der Waals surface area contributed by atoms with Gasteiger partial charge in [0, 0.05) is 24.3 Å². The minimum Gasteiger partial charge on any atom is -0.459 e. The summed E-state index contributed by atoms with van der Waals surface area (Å²) in [6, 6.07) is 9.54. The molecule has 0 saturated heterocycles. The number of carbonyl (C=O) groups excluding carboxylic acids is 1. The highest BCUT2D eigenvalue weighted by atomic mass is 16.3. The van der Waals surface area contributed by atoms with Gasteiger partial charge in [-0.25, -0.2) is 0 Å². The van der Waals surface area contributed by atoms with E-state index in [1.54, 1.807) is 17.2 Å². The second-order valence-electron chi connectivity index (χ2n) is 4.76. The molecule has 1 aromatic heterocycles. The molecule has 2 aromatic rings. The molecule has 1 aromatic carbocycles. The predicted octanol–water partition coefficient (Wildman–Crippen LogP) is 3.10. The topological polar surface area (TPSA) is 59.5 Å². The zero-order chi connectivity index (χ0) is 14.5. The van der Waals surface area contributed by atoms with E-state index in [1.165, 1.54) is 0 Å². The van der Waals surface area contributed by atoms with Gasteiger partial charge >= 0.3 is 0 Å². The Kier molecular flexibility index (Phi) is 4.58. The lowest BCUT2D eigenvalue weighted by Crippen LogP contribution is -2.31. The summed E-state index contributed by atoms with van der Waals surface area (Å²) in [5.74, 6) is 0.302. The number of rotatable bonds is 5. The van der Waals surface area contributed by atoms with Crippen molar-refractivity contribution in [1.29, 1.82) is 0 Å². The van der Waals surface area contributed by atoms with E-state index in [-0.39, 0.29) is 5.91 Å². The summed E-state index contributed by atoms with van der Waals surface area (Å²) in [6.07, 6.45) is 2.42. The lowest BCUT2D eigenvalue weighted by Gasteiger charge is -2.21. The van der Waals surface area contributed by atoms with E-state index in [9.17, 15) is 4.79 Å². The zero-order valence-corrected chi connectivity index (χ0v) is 11.9. The standard InChI is InChI=1S/C16H20N2O2/c1-3-9-18(14-6-4-13(11-17)5-7-14)16(19)15-12(2)8-10-20-15/h4-8,10H,3,9,11,17H2,1-2H3. The number of amides is 1. The Balaban J connectivity index is 2.30. The molecule has 0 aliphatic rings. The van der Waals surface area contributed by atoms with Gasteiger partial charge in [-0.05, 0) is 37.1 Å². The van der Waals surface area contributed by atoms with Crippen LogP contribution in [0.2, 0.25) is 0 Å². The van der Waals surface area contributed by atoms with Crippen LogP contribution < -0.4 is 10.6 Å². The van der Waals surface area contributed by atoms with Gasteiger partial charge in [0.25, 0.3) is 5.91 Å². The Bertz CT molecular complexity index is 572. The van der Waals surface area contributed by atoms with Gasteiger partial charge in [-0.2, -0.15) is 0 Å². The maximum absolute atomic E-state index is 12.6. The number of nitrogens with two attached hydrogens (primary N) is 1. The van der Waals surface area contributed by atoms with E-state index < -0.39 is 0 Å². The van der Waals surface area contributed by atoms with Crippen LogP contribution in [0.25, 0.3) is 0 Å². The van der Waals surface area contributed by atoms with Crippen LogP contribution in [0.4, 0.5) is 5.69 Å². The Morgan fingerprint density at radius 3 is 2.45 bits per heavy atom. The van der Waals surface area contributed by atoms with Gasteiger partial charge in [0.2, 0.25) is 0 Å². The first-order valence-corrected chi connectivity index (χ1v) is 6.82. The Hall–Kier alpha value is -2.07. The van der Waals surface area contributed by atoms with Gasteiger partial charge in [-0.3, -0.25) is 4.79 Å². The number of nitrogens with zero attached hydrogens (tertiary/aromatic N) is 1. The second-order valence-corrected chi connectivity index (χ2v) is 4.76. The average molecular weight is 272 g/mol. The SMILES string of the molecule is CCCN(C(=O)c1occc1C)c1ccc(CN)cc1. The van der Waals surface area contributed by atoms with Crippen molar-refractivity contribution >= 4 is 11.6 Å². The highest BCUT2D eigenvalue weighted by molar-refractivity contribution is 6.05. The van der Waals surface area contributed by atoms with E-state index in [2.05, 4.69) is 0 Å². The molecule has 4 heteroatoms. The molecule has 0 fully saturated rings. The summed E-state index contributed by atoms with van der Waals surface area (Å²) >= 11 is 0. The van der Waals surface area contributed by atoms with E-state index >= 15 is 0 Å². The molecule has 0 radical (unpaired) electrons. The average Bonchev–Trinajstić information content (AvgIpc) is 2.90. The molecule has 0 bridgehead atoms. The predicted molar refractivity (Wildman–Crippen MR) is 79.7 cm³/mol. The molecular formula is C16H20N2O2. The number of furan rings is 1. The van der Waals surface area contributed by atoms with Crippen molar-refractivity contribution in [1.82, 2.24) is 0 Å². The first-order chi connectivity index (χ1) is 9.67. The highest BCUT2D eigenvalue weighted by Gasteiger charge is 2.21. The monoisotopic (exact) mass is 272 g/mol. The van der Waals surface area contributed by atoms with Crippen molar-refractivity contribution in [3.8, 4) is 0 Å². The van der Waals surface area contributed by atoms with Gasteiger partial charge in [-0.1, -0.05) is 19.1 Å². The van der Waals surface area contributed by atoms with Crippen molar-refractivity contribution in [2.75, 3.05) is 11.4 Å². The molecular weight excluding hydrogens is 252 g/mol. The zero-order valence-electron chi connectivity index (χ0n) is 11.9. The lowest BCUT2D eigenvalue weighted by atomic mass is 10.1. The smallest absolute Gasteiger partial charge is 0.294 e. The Labute approximate surface area is 119 Å². The van der Waals surface area contributed by atoms with Gasteiger partial charge in [-0.15, -0.1) is 0 Å². The minimum absolute atomic E-state index is 0.102. The third kappa shape index (κ3) is 2.91. The van der Waals surface area contributed by atoms with Crippen molar-refractivity contribution in [3.05, 3.63) is 53.5 Å². The minimum atomic E-state index is -0.102. The van der Waals surface area contributed by atoms with Crippen LogP contribution >= 0.6 is 0 Å². The van der Waals surface area contributed by atoms with Crippen LogP contribution in [-0.2, 0) is 6.54 Å². The normalized spacial score (nSPS) is 10.6. The molecule has 1 heterocycles. The molecule has 4 nitrogen and oxygen atoms in total. The summed E-state index contributed by atoms with van der Waals surface area (Å²) < 4.78 is 5.31. The summed E-state index contributed by atoms with van der Waals surface area (Å²) in [5.41, 5.74) is 8.37. The van der Waals surface area contributed by atoms with Crippen LogP contribution in [0.5, 0.6) is 0 Å². The highest BCUT2D eigenvalue weighted by Crippen LogP contribution is 2.20. The van der Waals surface area contributed by atoms with Crippen molar-refractivity contribution in [2.45, 2.75) is 26.8 Å². The molecule has 2 N–H and O–H groups in total. The molecule has 20 heavy (non-hydrogen) atoms. The molecule has 0 saturated carbocycles. The molecule has 1 amide bonds. The molecule has 0 unspecified atom stereocenters. The maximum atomic E-state index is 12.6. The Morgan fingerprint density at radius 1 is 1.25 bits per heavy atom. The first kappa shape index (κ1) is 14.3. The van der Waals surface area contributed by atoms with Crippen LogP contribution in [0, 0.1) is 6.92 Å². The third-order valence-electron chi connectivity index (χ3n) is 3.23. The van der Waals surface area contributed by atoms with Gasteiger partial charge < -0.3 is 15.1 Å². The summed E-state index contributed by atoms with van der Waals surface area (Å²) in [7, 11) is 0. The number of hydrogen-bond donors (Lipinski definition) is 1. The molecule has 106 valence electrons. The van der Waals surface area contributed by atoms with E-state index in [1.807, 2.05) is 38.1 Å². The van der Waals surface area contributed by atoms with E-state index in [0.717, 1.165) is 23.2 Å². The van der Waals surface area contributed by atoms with Crippen LogP contribution in [0.1, 0.15) is 35.0 Å². The molecule has 2 rings (SSSR count). The number of anilines is 1. The molecule has 0 atom stereocenters. The fourth-order valence-corrected chi connectivity index (χ4v) is 2.10. The largest absolute Gasteiger partial charge is 0.459 e. The van der Waals surface area contributed by atoms with E-state index in [0.29, 0.717) is 18.8 Å². The van der Waals surface area contributed by atoms with Crippen molar-refractivity contribution in [2.24, 2.45) is 5.73 Å². The summed E-state index contributed by atoms with van der Waals surface area (Å²) in [5, 5.41) is 0. The van der Waals surface area contributed by atoms with Crippen LogP contribution in [0.15, 0.2) is 41.0 Å². The molecule has 0 aliphatic carbocycles. The number of hydrogen-bond acceptors (Lipinski definition) is 3. The van der Waals surface area contributed by atoms with Crippen molar-refractivity contribution in [3.63, 3.8) is 0 Å². The molecule has 0 spiro atoms. The maximum Gasteiger partial charge on any atom is 0.294 e. The van der Waals surface area contributed by atoms with Gasteiger partial charge in [0.15, 0.2) is 5.76 Å². The fraction of sp³-hybridized carbons (Fsp3) is 0.312. The van der Waals surface area contributed by atoms with E-state index in [4.69, 9.17) is 10.2 Å². The Morgan fingerprint density at radius 2 is 1.95 bits per heavy atom. The van der Waals surface area contributed by atoms with Gasteiger partial charge in [0.1, 0.15) is 0 Å². The summed E-state index contributed by atoms with van der Waals surface area (Å²) in [4.78, 5) is 14.3. The third-order valence-corrected chi connectivity index (χ3v) is 3.23. The first-order valence-electron chi connectivity index (χ1n) is 6.82. The van der Waals surface area contributed by atoms with Crippen molar-refractivity contribution < 1.29 is 9.21 Å².